The van der Waals surface area contributed by atoms with Crippen LogP contribution in [0.1, 0.15) is 19.3 Å². The molecule has 0 bridgehead atoms. The van der Waals surface area contributed by atoms with Crippen molar-refractivity contribution in [3.63, 3.8) is 0 Å². The number of carboxylic acid groups (broad SMARTS) is 3. The van der Waals surface area contributed by atoms with Crippen molar-refractivity contribution in [3.8, 4) is 0 Å². The average Bonchev–Trinajstić information content (AvgIpc) is 2.22. The van der Waals surface area contributed by atoms with Crippen LogP contribution in [0.25, 0.3) is 0 Å². The molecule has 0 aliphatic heterocycles. The molecule has 0 fully saturated rings. The first kappa shape index (κ1) is 16.6. The summed E-state index contributed by atoms with van der Waals surface area (Å²) in [6, 6.07) is 0. The maximum Gasteiger partial charge on any atom is 0.345 e. The molecule has 18 heavy (non-hydrogen) atoms. The van der Waals surface area contributed by atoms with Gasteiger partial charge in [0.1, 0.15) is 0 Å². The fourth-order valence-electron chi connectivity index (χ4n) is 1.37. The van der Waals surface area contributed by atoms with Crippen LogP contribution < -0.4 is 0 Å². The first-order valence-corrected chi connectivity index (χ1v) is 6.22. The van der Waals surface area contributed by atoms with Crippen LogP contribution in [0.5, 0.6) is 0 Å². The van der Waals surface area contributed by atoms with E-state index in [0.717, 1.165) is 7.11 Å². The first-order chi connectivity index (χ1) is 8.09. The number of hydrogen-bond acceptors (Lipinski definition) is 5. The summed E-state index contributed by atoms with van der Waals surface area (Å²) in [4.78, 5) is 41.6. The Morgan fingerprint density at radius 2 is 1.67 bits per heavy atom. The minimum absolute atomic E-state index is 0.751. The molecule has 0 spiro atoms. The third-order valence-corrected chi connectivity index (χ3v) is 4.53. The van der Waals surface area contributed by atoms with Crippen molar-refractivity contribution in [2.45, 2.75) is 24.4 Å². The van der Waals surface area contributed by atoms with Gasteiger partial charge in [-0.1, -0.05) is 0 Å². The second kappa shape index (κ2) is 5.94. The molecule has 0 aromatic heterocycles. The van der Waals surface area contributed by atoms with Gasteiger partial charge in [-0.15, -0.1) is 0 Å². The molecule has 0 amide bonds. The zero-order valence-corrected chi connectivity index (χ0v) is 10.3. The van der Waals surface area contributed by atoms with E-state index in [0.29, 0.717) is 0 Å². The molecule has 0 radical (unpaired) electrons. The second-order valence-corrected chi connectivity index (χ2v) is 5.77. The predicted octanol–water partition coefficient (Wildman–Crippen LogP) is -0.0189. The molecule has 0 aliphatic rings. The van der Waals surface area contributed by atoms with E-state index in [1.165, 1.54) is 0 Å². The molecular weight excluding hydrogens is 271 g/mol. The topological polar surface area (TPSA) is 158 Å². The fraction of sp³-hybridized carbons (Fsp3) is 0.625. The van der Waals surface area contributed by atoms with Crippen LogP contribution in [0, 0.1) is 0 Å². The minimum atomic E-state index is -4.82. The van der Waals surface area contributed by atoms with E-state index in [2.05, 4.69) is 4.52 Å². The van der Waals surface area contributed by atoms with Crippen LogP contribution in [0.4, 0.5) is 0 Å². The summed E-state index contributed by atoms with van der Waals surface area (Å²) in [5.74, 6) is -4.95. The number of hydrogen-bond donors (Lipinski definition) is 4. The molecule has 2 unspecified atom stereocenters. The van der Waals surface area contributed by atoms with E-state index in [1.54, 1.807) is 0 Å². The van der Waals surface area contributed by atoms with E-state index in [-0.39, 0.29) is 0 Å². The quantitative estimate of drug-likeness (QED) is 0.449. The van der Waals surface area contributed by atoms with Gasteiger partial charge in [-0.2, -0.15) is 0 Å². The summed E-state index contributed by atoms with van der Waals surface area (Å²) >= 11 is 0. The lowest BCUT2D eigenvalue weighted by atomic mass is 9.98. The third kappa shape index (κ3) is 3.52. The van der Waals surface area contributed by atoms with Crippen LogP contribution in [0.2, 0.25) is 0 Å². The molecule has 0 saturated carbocycles. The lowest BCUT2D eigenvalue weighted by Crippen LogP contribution is -2.41. The fourth-order valence-corrected chi connectivity index (χ4v) is 2.69. The number of carbonyl (C=O) groups is 3. The molecule has 2 atom stereocenters. The monoisotopic (exact) mass is 284 g/mol. The summed E-state index contributed by atoms with van der Waals surface area (Å²) in [5.41, 5.74) is 0. The SMILES string of the molecule is COP(=O)(O)C(CCC(=O)O)(CC(=O)O)C(=O)O. The minimum Gasteiger partial charge on any atom is -0.481 e. The van der Waals surface area contributed by atoms with Gasteiger partial charge in [-0.3, -0.25) is 18.9 Å². The lowest BCUT2D eigenvalue weighted by Gasteiger charge is -2.30. The highest BCUT2D eigenvalue weighted by Crippen LogP contribution is 2.59. The zero-order chi connectivity index (χ0) is 14.6. The van der Waals surface area contributed by atoms with Crippen molar-refractivity contribution in [3.05, 3.63) is 0 Å². The molecule has 4 N–H and O–H groups in total. The molecule has 9 nitrogen and oxygen atoms in total. The van der Waals surface area contributed by atoms with Crippen LogP contribution in [-0.2, 0) is 23.5 Å². The Balaban J connectivity index is 5.57. The van der Waals surface area contributed by atoms with Crippen molar-refractivity contribution in [2.75, 3.05) is 7.11 Å². The van der Waals surface area contributed by atoms with Gasteiger partial charge in [0.25, 0.3) is 0 Å². The summed E-state index contributed by atoms with van der Waals surface area (Å²) in [5, 5.41) is 23.4. The Kier molecular flexibility index (Phi) is 5.47. The number of carboxylic acids is 3. The molecule has 0 heterocycles. The number of rotatable bonds is 8. The van der Waals surface area contributed by atoms with Gasteiger partial charge in [-0.05, 0) is 6.42 Å². The summed E-state index contributed by atoms with van der Waals surface area (Å²) < 4.78 is 15.9. The van der Waals surface area contributed by atoms with Crippen molar-refractivity contribution >= 4 is 25.5 Å². The molecule has 104 valence electrons. The zero-order valence-electron chi connectivity index (χ0n) is 9.40. The molecule has 0 rings (SSSR count). The van der Waals surface area contributed by atoms with Gasteiger partial charge in [0.2, 0.25) is 0 Å². The van der Waals surface area contributed by atoms with Gasteiger partial charge in [0.05, 0.1) is 6.42 Å². The van der Waals surface area contributed by atoms with E-state index in [9.17, 15) is 23.8 Å². The maximum absolute atomic E-state index is 11.7. The van der Waals surface area contributed by atoms with Crippen LogP contribution in [0.3, 0.4) is 0 Å². The molecular formula is C8H13O9P. The maximum atomic E-state index is 11.7. The molecule has 0 aromatic rings. The Morgan fingerprint density at radius 1 is 1.17 bits per heavy atom. The van der Waals surface area contributed by atoms with Gasteiger partial charge in [0, 0.05) is 13.5 Å². The summed E-state index contributed by atoms with van der Waals surface area (Å²) in [6.45, 7) is 0. The van der Waals surface area contributed by atoms with Gasteiger partial charge in [0.15, 0.2) is 5.16 Å². The molecule has 0 saturated heterocycles. The van der Waals surface area contributed by atoms with Crippen molar-refractivity contribution in [1.82, 2.24) is 0 Å². The van der Waals surface area contributed by atoms with Gasteiger partial charge in [-0.25, -0.2) is 0 Å². The van der Waals surface area contributed by atoms with Gasteiger partial charge < -0.3 is 24.7 Å². The highest BCUT2D eigenvalue weighted by molar-refractivity contribution is 7.55. The van der Waals surface area contributed by atoms with Crippen LogP contribution >= 0.6 is 7.60 Å². The largest absolute Gasteiger partial charge is 0.481 e. The highest BCUT2D eigenvalue weighted by atomic mass is 31.2. The first-order valence-electron chi connectivity index (χ1n) is 4.64. The van der Waals surface area contributed by atoms with E-state index in [1.807, 2.05) is 0 Å². The molecule has 10 heteroatoms. The Morgan fingerprint density at radius 3 is 1.94 bits per heavy atom. The summed E-state index contributed by atoms with van der Waals surface area (Å²) in [6.07, 6.45) is -2.81. The van der Waals surface area contributed by atoms with E-state index >= 15 is 0 Å². The standard InChI is InChI=1S/C8H13O9P/c1-17-18(15,16)8(7(13)14,4-6(11)12)3-2-5(9)10/h2-4H2,1H3,(H,9,10)(H,11,12)(H,13,14)(H,15,16). The Labute approximate surface area is 102 Å². The predicted molar refractivity (Wildman–Crippen MR) is 56.3 cm³/mol. The molecule has 0 aromatic carbocycles. The van der Waals surface area contributed by atoms with Crippen molar-refractivity contribution in [1.29, 1.82) is 0 Å². The highest BCUT2D eigenvalue weighted by Gasteiger charge is 2.56. The third-order valence-electron chi connectivity index (χ3n) is 2.38. The Bertz CT molecular complexity index is 403. The van der Waals surface area contributed by atoms with Crippen LogP contribution in [0.15, 0.2) is 0 Å². The smallest absolute Gasteiger partial charge is 0.345 e. The van der Waals surface area contributed by atoms with E-state index in [4.69, 9.17) is 15.3 Å². The second-order valence-electron chi connectivity index (χ2n) is 3.50. The van der Waals surface area contributed by atoms with Crippen molar-refractivity contribution < 1.29 is 43.7 Å². The lowest BCUT2D eigenvalue weighted by molar-refractivity contribution is -0.148. The summed E-state index contributed by atoms with van der Waals surface area (Å²) in [7, 11) is -4.07. The normalized spacial score (nSPS) is 17.4. The average molecular weight is 284 g/mol. The Hall–Kier alpha value is -1.44. The van der Waals surface area contributed by atoms with E-state index < -0.39 is 49.9 Å². The number of aliphatic carboxylic acids is 3. The van der Waals surface area contributed by atoms with Crippen molar-refractivity contribution in [2.24, 2.45) is 0 Å². The van der Waals surface area contributed by atoms with Crippen LogP contribution in [-0.4, -0.2) is 50.4 Å². The molecule has 0 aliphatic carbocycles. The van der Waals surface area contributed by atoms with Gasteiger partial charge >= 0.3 is 25.5 Å².